The molecule has 1 saturated heterocycles. The van der Waals surface area contributed by atoms with Crippen molar-refractivity contribution in [3.05, 3.63) is 6.92 Å². The van der Waals surface area contributed by atoms with Gasteiger partial charge in [-0.05, 0) is 0 Å². The molecule has 0 bridgehead atoms. The van der Waals surface area contributed by atoms with E-state index in [1.54, 1.807) is 0 Å². The van der Waals surface area contributed by atoms with E-state index < -0.39 is 0 Å². The van der Waals surface area contributed by atoms with E-state index in [2.05, 4.69) is 18.8 Å². The van der Waals surface area contributed by atoms with Crippen LogP contribution in [0, 0.1) is 24.7 Å². The first-order valence-corrected chi connectivity index (χ1v) is 2.29. The Morgan fingerprint density at radius 2 is 2.29 bits per heavy atom. The summed E-state index contributed by atoms with van der Waals surface area (Å²) in [5.74, 6) is 5.97. The van der Waals surface area contributed by atoms with Crippen molar-refractivity contribution in [2.75, 3.05) is 13.2 Å². The van der Waals surface area contributed by atoms with Gasteiger partial charge in [-0.25, -0.2) is 0 Å². The average molecular weight is 95.1 g/mol. The highest BCUT2D eigenvalue weighted by molar-refractivity contribution is 5.07. The first kappa shape index (κ1) is 4.67. The summed E-state index contributed by atoms with van der Waals surface area (Å²) < 4.78 is 4.86. The van der Waals surface area contributed by atoms with Crippen LogP contribution in [0.3, 0.4) is 0 Å². The van der Waals surface area contributed by atoms with Gasteiger partial charge in [0, 0.05) is 6.92 Å². The molecule has 0 spiro atoms. The second kappa shape index (κ2) is 1.99. The molecule has 0 aromatic carbocycles. The zero-order valence-corrected chi connectivity index (χ0v) is 4.11. The van der Waals surface area contributed by atoms with Crippen LogP contribution in [-0.2, 0) is 4.74 Å². The van der Waals surface area contributed by atoms with E-state index in [1.807, 2.05) is 0 Å². The highest BCUT2D eigenvalue weighted by Crippen LogP contribution is 2.06. The summed E-state index contributed by atoms with van der Waals surface area (Å²) in [7, 11) is 0. The Hall–Kier alpha value is -0.480. The molecule has 1 aliphatic heterocycles. The fourth-order valence-corrected chi connectivity index (χ4v) is 0.463. The van der Waals surface area contributed by atoms with Gasteiger partial charge < -0.3 is 4.74 Å². The molecule has 0 aromatic heterocycles. The van der Waals surface area contributed by atoms with Crippen LogP contribution in [0.1, 0.15) is 0 Å². The molecule has 0 amide bonds. The lowest BCUT2D eigenvalue weighted by molar-refractivity contribution is -0.00300. The number of hydrogen-bond acceptors (Lipinski definition) is 1. The van der Waals surface area contributed by atoms with Gasteiger partial charge in [0.15, 0.2) is 0 Å². The van der Waals surface area contributed by atoms with Crippen LogP contribution in [-0.4, -0.2) is 13.2 Å². The standard InChI is InChI=1S/C6H7O/c1-2-3-6-4-7-5-6/h6H,1,4-5H2. The molecule has 1 radical (unpaired) electrons. The lowest BCUT2D eigenvalue weighted by Crippen LogP contribution is -2.25. The van der Waals surface area contributed by atoms with Crippen LogP contribution in [0.5, 0.6) is 0 Å². The molecule has 0 atom stereocenters. The first-order chi connectivity index (χ1) is 3.43. The second-order valence-electron chi connectivity index (χ2n) is 1.56. The predicted octanol–water partition coefficient (Wildman–Crippen LogP) is 0.470. The molecule has 1 aliphatic rings. The lowest BCUT2D eigenvalue weighted by Gasteiger charge is -2.19. The first-order valence-electron chi connectivity index (χ1n) is 2.29. The molecule has 1 heterocycles. The minimum absolute atomic E-state index is 0.484. The average Bonchev–Trinajstić information content (AvgIpc) is 1.55. The van der Waals surface area contributed by atoms with Gasteiger partial charge in [-0.15, -0.1) is 5.92 Å². The highest BCUT2D eigenvalue weighted by atomic mass is 16.5. The molecule has 0 aromatic rings. The molecule has 0 aliphatic carbocycles. The Morgan fingerprint density at radius 1 is 1.57 bits per heavy atom. The fourth-order valence-electron chi connectivity index (χ4n) is 0.463. The van der Waals surface area contributed by atoms with Crippen molar-refractivity contribution in [3.8, 4) is 11.8 Å². The monoisotopic (exact) mass is 95.0 g/mol. The Kier molecular flexibility index (Phi) is 1.33. The van der Waals surface area contributed by atoms with E-state index in [-0.39, 0.29) is 0 Å². The number of hydrogen-bond donors (Lipinski definition) is 0. The molecular weight excluding hydrogens is 88.1 g/mol. The molecule has 1 rings (SSSR count). The van der Waals surface area contributed by atoms with E-state index in [1.165, 1.54) is 0 Å². The molecule has 1 nitrogen and oxygen atoms in total. The summed E-state index contributed by atoms with van der Waals surface area (Å²) in [4.78, 5) is 0. The van der Waals surface area contributed by atoms with Gasteiger partial charge in [0.1, 0.15) is 0 Å². The molecule has 0 unspecified atom stereocenters. The van der Waals surface area contributed by atoms with Gasteiger partial charge in [-0.1, -0.05) is 5.92 Å². The summed E-state index contributed by atoms with van der Waals surface area (Å²) in [6, 6.07) is 0. The smallest absolute Gasteiger partial charge is 0.0670 e. The third kappa shape index (κ3) is 0.942. The van der Waals surface area contributed by atoms with Gasteiger partial charge in [0.05, 0.1) is 19.1 Å². The zero-order chi connectivity index (χ0) is 5.11. The molecule has 0 N–H and O–H groups in total. The Bertz CT molecular complexity index is 103. The van der Waals surface area contributed by atoms with Gasteiger partial charge in [0.25, 0.3) is 0 Å². The van der Waals surface area contributed by atoms with E-state index in [0.29, 0.717) is 5.92 Å². The van der Waals surface area contributed by atoms with Crippen molar-refractivity contribution in [2.24, 2.45) is 5.92 Å². The van der Waals surface area contributed by atoms with E-state index in [9.17, 15) is 0 Å². The summed E-state index contributed by atoms with van der Waals surface area (Å²) in [6.45, 7) is 5.01. The molecule has 1 heteroatoms. The SMILES string of the molecule is [CH2]C#CC1COC1. The van der Waals surface area contributed by atoms with Crippen LogP contribution < -0.4 is 0 Å². The third-order valence-corrected chi connectivity index (χ3v) is 0.944. The fraction of sp³-hybridized carbons (Fsp3) is 0.500. The van der Waals surface area contributed by atoms with E-state index in [4.69, 9.17) is 4.74 Å². The normalized spacial score (nSPS) is 19.6. The van der Waals surface area contributed by atoms with E-state index >= 15 is 0 Å². The summed E-state index contributed by atoms with van der Waals surface area (Å²) in [6.07, 6.45) is 0. The maximum Gasteiger partial charge on any atom is 0.0670 e. The molecule has 1 fully saturated rings. The minimum Gasteiger partial charge on any atom is -0.379 e. The maximum absolute atomic E-state index is 4.86. The van der Waals surface area contributed by atoms with Gasteiger partial charge in [0.2, 0.25) is 0 Å². The van der Waals surface area contributed by atoms with Crippen molar-refractivity contribution in [3.63, 3.8) is 0 Å². The summed E-state index contributed by atoms with van der Waals surface area (Å²) >= 11 is 0. The van der Waals surface area contributed by atoms with Crippen molar-refractivity contribution in [2.45, 2.75) is 0 Å². The van der Waals surface area contributed by atoms with E-state index in [0.717, 1.165) is 13.2 Å². The van der Waals surface area contributed by atoms with Crippen LogP contribution in [0.2, 0.25) is 0 Å². The number of ether oxygens (including phenoxy) is 1. The van der Waals surface area contributed by atoms with Crippen LogP contribution in [0.4, 0.5) is 0 Å². The highest BCUT2D eigenvalue weighted by Gasteiger charge is 2.13. The zero-order valence-electron chi connectivity index (χ0n) is 4.11. The van der Waals surface area contributed by atoms with Crippen molar-refractivity contribution in [1.82, 2.24) is 0 Å². The number of rotatable bonds is 0. The lowest BCUT2D eigenvalue weighted by atomic mass is 10.1. The van der Waals surface area contributed by atoms with Crippen LogP contribution in [0.15, 0.2) is 0 Å². The minimum atomic E-state index is 0.484. The second-order valence-corrected chi connectivity index (χ2v) is 1.56. The third-order valence-electron chi connectivity index (χ3n) is 0.944. The molecule has 37 valence electrons. The van der Waals surface area contributed by atoms with Crippen molar-refractivity contribution < 1.29 is 4.74 Å². The Morgan fingerprint density at radius 3 is 2.43 bits per heavy atom. The molecule has 7 heavy (non-hydrogen) atoms. The van der Waals surface area contributed by atoms with Crippen LogP contribution in [0.25, 0.3) is 0 Å². The Labute approximate surface area is 43.7 Å². The molecule has 0 saturated carbocycles. The Balaban J connectivity index is 2.23. The van der Waals surface area contributed by atoms with Gasteiger partial charge in [-0.2, -0.15) is 0 Å². The van der Waals surface area contributed by atoms with Crippen molar-refractivity contribution in [1.29, 1.82) is 0 Å². The maximum atomic E-state index is 4.86. The van der Waals surface area contributed by atoms with Gasteiger partial charge in [-0.3, -0.25) is 0 Å². The van der Waals surface area contributed by atoms with Gasteiger partial charge >= 0.3 is 0 Å². The quantitative estimate of drug-likeness (QED) is 0.397. The van der Waals surface area contributed by atoms with Crippen molar-refractivity contribution >= 4 is 0 Å². The largest absolute Gasteiger partial charge is 0.379 e. The summed E-state index contributed by atoms with van der Waals surface area (Å²) in [5.41, 5.74) is 0. The predicted molar refractivity (Wildman–Crippen MR) is 27.4 cm³/mol. The molecular formula is C6H7O. The summed E-state index contributed by atoms with van der Waals surface area (Å²) in [5, 5.41) is 0. The topological polar surface area (TPSA) is 9.23 Å². The van der Waals surface area contributed by atoms with Crippen LogP contribution >= 0.6 is 0 Å².